The van der Waals surface area contributed by atoms with Crippen LogP contribution in [-0.4, -0.2) is 38.7 Å². The molecule has 182 valence electrons. The van der Waals surface area contributed by atoms with E-state index in [9.17, 15) is 14.4 Å². The lowest BCUT2D eigenvalue weighted by atomic mass is 10.2. The third-order valence-corrected chi connectivity index (χ3v) is 5.70. The Morgan fingerprint density at radius 3 is 2.31 bits per heavy atom. The summed E-state index contributed by atoms with van der Waals surface area (Å²) in [5.74, 6) is -0.189. The summed E-state index contributed by atoms with van der Waals surface area (Å²) in [5.41, 5.74) is 2.02. The van der Waals surface area contributed by atoms with Crippen LogP contribution in [0.25, 0.3) is 11.2 Å². The van der Waals surface area contributed by atoms with Crippen molar-refractivity contribution in [2.24, 2.45) is 5.92 Å². The summed E-state index contributed by atoms with van der Waals surface area (Å²) in [6, 6.07) is 16.8. The van der Waals surface area contributed by atoms with E-state index in [1.54, 1.807) is 23.0 Å². The number of nitrogens with zero attached hydrogens (tertiary/aromatic N) is 5. The topological polar surface area (TPSA) is 94.2 Å². The van der Waals surface area contributed by atoms with E-state index in [-0.39, 0.29) is 12.5 Å². The van der Waals surface area contributed by atoms with Crippen LogP contribution in [0.15, 0.2) is 70.5 Å². The van der Waals surface area contributed by atoms with Gasteiger partial charge in [-0.25, -0.2) is 14.3 Å². The summed E-state index contributed by atoms with van der Waals surface area (Å²) in [6.45, 7) is 4.49. The van der Waals surface area contributed by atoms with E-state index in [4.69, 9.17) is 0 Å². The predicted octanol–water partition coefficient (Wildman–Crippen LogP) is 2.77. The molecule has 0 aliphatic rings. The first kappa shape index (κ1) is 24.0. The molecular formula is C26H30N6O3. The fraction of sp³-hybridized carbons (Fsp3) is 0.308. The fourth-order valence-electron chi connectivity index (χ4n) is 4.01. The first-order valence-corrected chi connectivity index (χ1v) is 11.5. The van der Waals surface area contributed by atoms with Gasteiger partial charge >= 0.3 is 5.69 Å². The van der Waals surface area contributed by atoms with Crippen LogP contribution >= 0.6 is 0 Å². The Labute approximate surface area is 203 Å². The molecule has 0 bridgehead atoms. The number of aromatic nitrogens is 4. The third kappa shape index (κ3) is 5.18. The molecule has 9 heteroatoms. The minimum atomic E-state index is -0.570. The van der Waals surface area contributed by atoms with Gasteiger partial charge in [0, 0.05) is 32.0 Å². The summed E-state index contributed by atoms with van der Waals surface area (Å²) >= 11 is 0. The highest BCUT2D eigenvalue weighted by molar-refractivity contribution is 5.90. The molecule has 0 aliphatic carbocycles. The predicted molar refractivity (Wildman–Crippen MR) is 138 cm³/mol. The summed E-state index contributed by atoms with van der Waals surface area (Å²) in [5, 5.41) is 2.78. The van der Waals surface area contributed by atoms with Gasteiger partial charge in [-0.1, -0.05) is 44.2 Å². The lowest BCUT2D eigenvalue weighted by Crippen LogP contribution is -2.43. The maximum absolute atomic E-state index is 13.4. The Balaban J connectivity index is 1.73. The van der Waals surface area contributed by atoms with Crippen molar-refractivity contribution >= 4 is 28.4 Å². The second kappa shape index (κ2) is 10.0. The fourth-order valence-corrected chi connectivity index (χ4v) is 4.01. The molecule has 2 aromatic carbocycles. The van der Waals surface area contributed by atoms with Crippen LogP contribution in [0, 0.1) is 5.92 Å². The van der Waals surface area contributed by atoms with E-state index in [0.29, 0.717) is 23.4 Å². The quantitative estimate of drug-likeness (QED) is 0.424. The van der Waals surface area contributed by atoms with Gasteiger partial charge in [-0.2, -0.15) is 0 Å². The molecule has 0 radical (unpaired) electrons. The largest absolute Gasteiger partial charge is 0.378 e. The maximum Gasteiger partial charge on any atom is 0.333 e. The van der Waals surface area contributed by atoms with Gasteiger partial charge in [0.25, 0.3) is 5.56 Å². The van der Waals surface area contributed by atoms with Gasteiger partial charge in [-0.15, -0.1) is 0 Å². The van der Waals surface area contributed by atoms with Gasteiger partial charge in [0.2, 0.25) is 5.91 Å². The van der Waals surface area contributed by atoms with E-state index >= 15 is 0 Å². The highest BCUT2D eigenvalue weighted by Gasteiger charge is 2.20. The molecule has 0 spiro atoms. The monoisotopic (exact) mass is 474 g/mol. The molecule has 0 saturated carbocycles. The zero-order valence-corrected chi connectivity index (χ0v) is 20.4. The van der Waals surface area contributed by atoms with Crippen molar-refractivity contribution in [2.45, 2.75) is 33.5 Å². The van der Waals surface area contributed by atoms with E-state index in [2.05, 4.69) is 10.3 Å². The van der Waals surface area contributed by atoms with Crippen LogP contribution < -0.4 is 21.5 Å². The molecule has 9 nitrogen and oxygen atoms in total. The summed E-state index contributed by atoms with van der Waals surface area (Å²) in [4.78, 5) is 46.1. The van der Waals surface area contributed by atoms with Crippen molar-refractivity contribution in [1.29, 1.82) is 0 Å². The number of carbonyl (C=O) groups excluding carboxylic acids is 1. The van der Waals surface area contributed by atoms with Gasteiger partial charge in [0.1, 0.15) is 6.54 Å². The van der Waals surface area contributed by atoms with E-state index in [1.807, 2.05) is 75.3 Å². The van der Waals surface area contributed by atoms with Crippen LogP contribution in [0.2, 0.25) is 0 Å². The standard InChI is InChI=1S/C26H30N6O3/c1-18(2)14-30-17-27-24-23(30)25(34)32(26(35)31(24)15-19-8-6-5-7-9-19)16-22(33)28-20-10-12-21(13-11-20)29(3)4/h5-13,17-18H,14-16H2,1-4H3,(H,28,33). The number of carbonyl (C=O) groups is 1. The summed E-state index contributed by atoms with van der Waals surface area (Å²) in [7, 11) is 3.86. The van der Waals surface area contributed by atoms with Crippen molar-refractivity contribution in [3.63, 3.8) is 0 Å². The molecule has 2 aromatic heterocycles. The average molecular weight is 475 g/mol. The number of hydrogen-bond acceptors (Lipinski definition) is 5. The Morgan fingerprint density at radius 2 is 1.69 bits per heavy atom. The SMILES string of the molecule is CC(C)Cn1cnc2c1c(=O)n(CC(=O)Nc1ccc(N(C)C)cc1)c(=O)n2Cc1ccccc1. The summed E-state index contributed by atoms with van der Waals surface area (Å²) in [6.07, 6.45) is 1.59. The minimum Gasteiger partial charge on any atom is -0.378 e. The molecule has 0 fully saturated rings. The number of imidazole rings is 1. The third-order valence-electron chi connectivity index (χ3n) is 5.70. The molecule has 2 heterocycles. The Morgan fingerprint density at radius 1 is 1.00 bits per heavy atom. The zero-order chi connectivity index (χ0) is 25.1. The number of fused-ring (bicyclic) bond motifs is 1. The molecule has 4 rings (SSSR count). The molecule has 35 heavy (non-hydrogen) atoms. The number of nitrogens with one attached hydrogen (secondary N) is 1. The highest BCUT2D eigenvalue weighted by atomic mass is 16.2. The number of rotatable bonds is 8. The second-order valence-corrected chi connectivity index (χ2v) is 9.20. The van der Waals surface area contributed by atoms with Gasteiger partial charge in [-0.3, -0.25) is 14.2 Å². The summed E-state index contributed by atoms with van der Waals surface area (Å²) < 4.78 is 4.22. The van der Waals surface area contributed by atoms with E-state index in [0.717, 1.165) is 15.8 Å². The van der Waals surface area contributed by atoms with Crippen LogP contribution in [0.1, 0.15) is 19.4 Å². The van der Waals surface area contributed by atoms with Crippen LogP contribution in [0.4, 0.5) is 11.4 Å². The van der Waals surface area contributed by atoms with Gasteiger partial charge < -0.3 is 14.8 Å². The first-order chi connectivity index (χ1) is 16.7. The van der Waals surface area contributed by atoms with E-state index < -0.39 is 23.7 Å². The van der Waals surface area contributed by atoms with Crippen molar-refractivity contribution in [1.82, 2.24) is 18.7 Å². The highest BCUT2D eigenvalue weighted by Crippen LogP contribution is 2.16. The molecule has 1 N–H and O–H groups in total. The zero-order valence-electron chi connectivity index (χ0n) is 20.4. The lowest BCUT2D eigenvalue weighted by molar-refractivity contribution is -0.116. The number of amides is 1. The normalized spacial score (nSPS) is 11.2. The van der Waals surface area contributed by atoms with Gasteiger partial charge in [-0.05, 0) is 35.7 Å². The second-order valence-electron chi connectivity index (χ2n) is 9.20. The van der Waals surface area contributed by atoms with Gasteiger partial charge in [0.05, 0.1) is 12.9 Å². The minimum absolute atomic E-state index is 0.239. The van der Waals surface area contributed by atoms with E-state index in [1.165, 1.54) is 4.57 Å². The maximum atomic E-state index is 13.4. The number of benzene rings is 2. The van der Waals surface area contributed by atoms with Crippen LogP contribution in [0.5, 0.6) is 0 Å². The Bertz CT molecular complexity index is 1450. The van der Waals surface area contributed by atoms with Crippen molar-refractivity contribution < 1.29 is 4.79 Å². The van der Waals surface area contributed by atoms with Gasteiger partial charge in [0.15, 0.2) is 11.2 Å². The molecule has 0 saturated heterocycles. The average Bonchev–Trinajstić information content (AvgIpc) is 3.23. The molecule has 0 aliphatic heterocycles. The Hall–Kier alpha value is -4.14. The smallest absolute Gasteiger partial charge is 0.333 e. The van der Waals surface area contributed by atoms with Crippen molar-refractivity contribution in [2.75, 3.05) is 24.3 Å². The van der Waals surface area contributed by atoms with Crippen LogP contribution in [0.3, 0.4) is 0 Å². The molecule has 4 aromatic rings. The lowest BCUT2D eigenvalue weighted by Gasteiger charge is -2.14. The van der Waals surface area contributed by atoms with Crippen molar-refractivity contribution in [3.8, 4) is 0 Å². The molecule has 0 atom stereocenters. The molecule has 0 unspecified atom stereocenters. The van der Waals surface area contributed by atoms with Crippen LogP contribution in [-0.2, 0) is 24.4 Å². The number of hydrogen-bond donors (Lipinski definition) is 1. The molecular weight excluding hydrogens is 444 g/mol. The first-order valence-electron chi connectivity index (χ1n) is 11.5. The number of anilines is 2. The van der Waals surface area contributed by atoms with Crippen molar-refractivity contribution in [3.05, 3.63) is 87.3 Å². The molecule has 1 amide bonds. The Kier molecular flexibility index (Phi) is 6.86.